The van der Waals surface area contributed by atoms with Crippen LogP contribution in [0.5, 0.6) is 0 Å². The molecule has 0 aliphatic heterocycles. The number of rotatable bonds is 3. The summed E-state index contributed by atoms with van der Waals surface area (Å²) in [5, 5.41) is 2.99. The molecule has 19 heavy (non-hydrogen) atoms. The number of nitrogens with two attached hydrogens (primary N) is 1. The molecule has 2 atom stereocenters. The number of hydrogen-bond donors (Lipinski definition) is 2. The van der Waals surface area contributed by atoms with E-state index < -0.39 is 0 Å². The molecule has 0 spiro atoms. The summed E-state index contributed by atoms with van der Waals surface area (Å²) in [5.41, 5.74) is 6.59. The Bertz CT molecular complexity index is 431. The van der Waals surface area contributed by atoms with Crippen LogP contribution in [0.15, 0.2) is 10.5 Å². The maximum atomic E-state index is 12.0. The molecular weight excluding hydrogens is 264 g/mol. The van der Waals surface area contributed by atoms with Crippen LogP contribution in [0, 0.1) is 19.8 Å². The molecule has 0 aromatic carbocycles. The summed E-state index contributed by atoms with van der Waals surface area (Å²) in [6.07, 6.45) is 4.47. The van der Waals surface area contributed by atoms with Gasteiger partial charge in [0.1, 0.15) is 11.5 Å². The van der Waals surface area contributed by atoms with Crippen molar-refractivity contribution in [2.24, 2.45) is 11.7 Å². The van der Waals surface area contributed by atoms with E-state index in [0.29, 0.717) is 23.3 Å². The zero-order valence-corrected chi connectivity index (χ0v) is 12.4. The molecule has 1 aliphatic carbocycles. The van der Waals surface area contributed by atoms with Gasteiger partial charge in [-0.05, 0) is 45.1 Å². The minimum atomic E-state index is -0.0384. The lowest BCUT2D eigenvalue weighted by Crippen LogP contribution is -2.35. The van der Waals surface area contributed by atoms with Crippen molar-refractivity contribution in [2.45, 2.75) is 45.6 Å². The second-order valence-corrected chi connectivity index (χ2v) is 5.33. The largest absolute Gasteiger partial charge is 0.466 e. The lowest BCUT2D eigenvalue weighted by atomic mass is 9.86. The molecule has 0 radical (unpaired) electrons. The van der Waals surface area contributed by atoms with Crippen LogP contribution >= 0.6 is 12.4 Å². The van der Waals surface area contributed by atoms with E-state index in [4.69, 9.17) is 10.2 Å². The summed E-state index contributed by atoms with van der Waals surface area (Å²) in [7, 11) is 0. The number of carbonyl (C=O) groups is 1. The first-order valence-electron chi connectivity index (χ1n) is 6.67. The van der Waals surface area contributed by atoms with Gasteiger partial charge in [-0.25, -0.2) is 0 Å². The second-order valence-electron chi connectivity index (χ2n) is 5.33. The summed E-state index contributed by atoms with van der Waals surface area (Å²) in [5.74, 6) is 1.94. The van der Waals surface area contributed by atoms with Gasteiger partial charge in [0.25, 0.3) is 5.91 Å². The standard InChI is InChI=1S/C14H22N2O2.ClH/c1-9-6-13(10(2)18-9)14(17)16-8-11-4-3-5-12(15)7-11;/h6,11-12H,3-5,7-8,15H2,1-2H3,(H,16,17);1H. The first-order valence-corrected chi connectivity index (χ1v) is 6.67. The Kier molecular flexibility index (Phi) is 5.88. The minimum absolute atomic E-state index is 0. The van der Waals surface area contributed by atoms with Gasteiger partial charge in [-0.15, -0.1) is 12.4 Å². The van der Waals surface area contributed by atoms with Crippen LogP contribution in [-0.2, 0) is 0 Å². The highest BCUT2D eigenvalue weighted by atomic mass is 35.5. The highest BCUT2D eigenvalue weighted by Crippen LogP contribution is 2.22. The number of amides is 1. The number of aryl methyl sites for hydroxylation is 2. The van der Waals surface area contributed by atoms with Gasteiger partial charge in [0.2, 0.25) is 0 Å². The van der Waals surface area contributed by atoms with Crippen LogP contribution in [0.25, 0.3) is 0 Å². The Morgan fingerprint density at radius 2 is 2.21 bits per heavy atom. The molecule has 2 unspecified atom stereocenters. The minimum Gasteiger partial charge on any atom is -0.466 e. The Morgan fingerprint density at radius 1 is 1.47 bits per heavy atom. The maximum absolute atomic E-state index is 12.0. The molecule has 1 fully saturated rings. The van der Waals surface area contributed by atoms with Crippen molar-refractivity contribution in [3.05, 3.63) is 23.2 Å². The van der Waals surface area contributed by atoms with E-state index in [1.165, 1.54) is 6.42 Å². The normalized spacial score (nSPS) is 22.7. The van der Waals surface area contributed by atoms with Gasteiger partial charge < -0.3 is 15.5 Å². The van der Waals surface area contributed by atoms with Crippen LogP contribution in [0.4, 0.5) is 0 Å². The molecule has 5 heteroatoms. The van der Waals surface area contributed by atoms with E-state index in [2.05, 4.69) is 5.32 Å². The Labute approximate surface area is 120 Å². The zero-order chi connectivity index (χ0) is 13.1. The smallest absolute Gasteiger partial charge is 0.254 e. The van der Waals surface area contributed by atoms with Gasteiger partial charge in [0, 0.05) is 12.6 Å². The molecule has 1 aromatic heterocycles. The number of nitrogens with one attached hydrogen (secondary N) is 1. The summed E-state index contributed by atoms with van der Waals surface area (Å²) in [4.78, 5) is 12.0. The van der Waals surface area contributed by atoms with Crippen molar-refractivity contribution in [1.82, 2.24) is 5.32 Å². The van der Waals surface area contributed by atoms with Gasteiger partial charge in [-0.1, -0.05) is 6.42 Å². The molecule has 4 nitrogen and oxygen atoms in total. The van der Waals surface area contributed by atoms with Crippen molar-refractivity contribution in [1.29, 1.82) is 0 Å². The topological polar surface area (TPSA) is 68.3 Å². The maximum Gasteiger partial charge on any atom is 0.254 e. The van der Waals surface area contributed by atoms with Gasteiger partial charge in [0.05, 0.1) is 5.56 Å². The molecular formula is C14H23ClN2O2. The SMILES string of the molecule is Cc1cc(C(=O)NCC2CCCC(N)C2)c(C)o1.Cl. The van der Waals surface area contributed by atoms with Crippen LogP contribution in [0.2, 0.25) is 0 Å². The third-order valence-corrected chi connectivity index (χ3v) is 3.66. The summed E-state index contributed by atoms with van der Waals surface area (Å²) >= 11 is 0. The number of hydrogen-bond acceptors (Lipinski definition) is 3. The monoisotopic (exact) mass is 286 g/mol. The molecule has 0 saturated heterocycles. The average molecular weight is 287 g/mol. The van der Waals surface area contributed by atoms with Crippen molar-refractivity contribution >= 4 is 18.3 Å². The lowest BCUT2D eigenvalue weighted by molar-refractivity contribution is 0.0941. The van der Waals surface area contributed by atoms with Gasteiger partial charge in [-0.2, -0.15) is 0 Å². The molecule has 1 saturated carbocycles. The van der Waals surface area contributed by atoms with Crippen molar-refractivity contribution < 1.29 is 9.21 Å². The number of halogens is 1. The van der Waals surface area contributed by atoms with E-state index in [0.717, 1.165) is 31.6 Å². The predicted octanol–water partition coefficient (Wildman–Crippen LogP) is 2.57. The highest BCUT2D eigenvalue weighted by molar-refractivity contribution is 5.95. The third kappa shape index (κ3) is 4.25. The van der Waals surface area contributed by atoms with Crippen LogP contribution < -0.4 is 11.1 Å². The molecule has 108 valence electrons. The van der Waals surface area contributed by atoms with Gasteiger partial charge in [-0.3, -0.25) is 4.79 Å². The van der Waals surface area contributed by atoms with Crippen LogP contribution in [-0.4, -0.2) is 18.5 Å². The van der Waals surface area contributed by atoms with Gasteiger partial charge >= 0.3 is 0 Å². The fourth-order valence-corrected chi connectivity index (χ4v) is 2.71. The summed E-state index contributed by atoms with van der Waals surface area (Å²) < 4.78 is 5.36. The van der Waals surface area contributed by atoms with E-state index >= 15 is 0 Å². The Balaban J connectivity index is 0.00000180. The predicted molar refractivity (Wildman–Crippen MR) is 77.7 cm³/mol. The van der Waals surface area contributed by atoms with Crippen molar-refractivity contribution in [3.63, 3.8) is 0 Å². The molecule has 1 aliphatic rings. The quantitative estimate of drug-likeness (QED) is 0.897. The molecule has 1 amide bonds. The highest BCUT2D eigenvalue weighted by Gasteiger charge is 2.20. The van der Waals surface area contributed by atoms with Crippen LogP contribution in [0.3, 0.4) is 0 Å². The van der Waals surface area contributed by atoms with E-state index in [9.17, 15) is 4.79 Å². The Morgan fingerprint density at radius 3 is 2.79 bits per heavy atom. The van der Waals surface area contributed by atoms with E-state index in [1.54, 1.807) is 6.07 Å². The van der Waals surface area contributed by atoms with Crippen LogP contribution in [0.1, 0.15) is 47.6 Å². The molecule has 0 bridgehead atoms. The molecule has 3 N–H and O–H groups in total. The van der Waals surface area contributed by atoms with Crippen molar-refractivity contribution in [2.75, 3.05) is 6.54 Å². The first kappa shape index (κ1) is 16.1. The lowest BCUT2D eigenvalue weighted by Gasteiger charge is -2.26. The average Bonchev–Trinajstić information content (AvgIpc) is 2.66. The summed E-state index contributed by atoms with van der Waals surface area (Å²) in [6.45, 7) is 4.39. The fourth-order valence-electron chi connectivity index (χ4n) is 2.71. The number of furan rings is 1. The van der Waals surface area contributed by atoms with E-state index in [1.807, 2.05) is 13.8 Å². The van der Waals surface area contributed by atoms with Crippen molar-refractivity contribution in [3.8, 4) is 0 Å². The summed E-state index contributed by atoms with van der Waals surface area (Å²) in [6, 6.07) is 2.09. The van der Waals surface area contributed by atoms with Gasteiger partial charge in [0.15, 0.2) is 0 Å². The second kappa shape index (κ2) is 6.96. The molecule has 1 heterocycles. The fraction of sp³-hybridized carbons (Fsp3) is 0.643. The molecule has 2 rings (SSSR count). The Hall–Kier alpha value is -1.000. The molecule has 1 aromatic rings. The van der Waals surface area contributed by atoms with E-state index in [-0.39, 0.29) is 18.3 Å². The number of carbonyl (C=O) groups excluding carboxylic acids is 1. The first-order chi connectivity index (χ1) is 8.56. The third-order valence-electron chi connectivity index (χ3n) is 3.66. The zero-order valence-electron chi connectivity index (χ0n) is 11.6.